The summed E-state index contributed by atoms with van der Waals surface area (Å²) >= 11 is 0. The van der Waals surface area contributed by atoms with E-state index in [4.69, 9.17) is 0 Å². The number of rotatable bonds is 5. The van der Waals surface area contributed by atoms with Crippen molar-refractivity contribution >= 4 is 28.3 Å². The second-order valence-electron chi connectivity index (χ2n) is 10.7. The van der Waals surface area contributed by atoms with Gasteiger partial charge in [0.1, 0.15) is 23.1 Å². The highest BCUT2D eigenvalue weighted by molar-refractivity contribution is 6.02. The zero-order chi connectivity index (χ0) is 26.8. The van der Waals surface area contributed by atoms with Crippen LogP contribution in [0, 0.1) is 12.7 Å². The number of aryl methyl sites for hydroxylation is 1. The van der Waals surface area contributed by atoms with Gasteiger partial charge in [0.15, 0.2) is 0 Å². The van der Waals surface area contributed by atoms with E-state index >= 15 is 4.39 Å². The molecule has 0 radical (unpaired) electrons. The standard InChI is InChI=1S/C27H31F3N4O2/c1-14(16-9-8-10-18(23(16)28)27(29,30)26(5,6)36)31-24-17-11-21-19(12-20(17)32-15(2)33-24)25(3,4)13-22(35)34(21)7/h8-12,14,36H,13H2,1-7H3,(H,31,32,33). The highest BCUT2D eigenvalue weighted by Crippen LogP contribution is 2.44. The number of carbonyl (C=O) groups is 1. The molecule has 2 heterocycles. The Morgan fingerprint density at radius 2 is 1.86 bits per heavy atom. The second kappa shape index (κ2) is 8.44. The summed E-state index contributed by atoms with van der Waals surface area (Å²) in [5, 5.41) is 13.7. The minimum atomic E-state index is -3.80. The molecule has 1 aromatic heterocycles. The number of anilines is 2. The van der Waals surface area contributed by atoms with Crippen molar-refractivity contribution in [2.24, 2.45) is 0 Å². The average molecular weight is 501 g/mol. The van der Waals surface area contributed by atoms with Gasteiger partial charge in [-0.1, -0.05) is 26.0 Å². The molecule has 6 nitrogen and oxygen atoms in total. The van der Waals surface area contributed by atoms with Crippen molar-refractivity contribution in [3.05, 3.63) is 58.7 Å². The number of halogens is 3. The normalized spacial score (nSPS) is 16.8. The second-order valence-corrected chi connectivity index (χ2v) is 10.7. The van der Waals surface area contributed by atoms with Gasteiger partial charge in [-0.15, -0.1) is 0 Å². The summed E-state index contributed by atoms with van der Waals surface area (Å²) in [6, 6.07) is 6.79. The maximum absolute atomic E-state index is 15.3. The van der Waals surface area contributed by atoms with Crippen molar-refractivity contribution in [3.63, 3.8) is 0 Å². The van der Waals surface area contributed by atoms with Crippen LogP contribution >= 0.6 is 0 Å². The molecule has 2 aromatic carbocycles. The number of nitrogens with zero attached hydrogens (tertiary/aromatic N) is 3. The molecule has 1 atom stereocenters. The molecule has 0 spiro atoms. The van der Waals surface area contributed by atoms with E-state index in [-0.39, 0.29) is 16.9 Å². The third-order valence-corrected chi connectivity index (χ3v) is 6.94. The van der Waals surface area contributed by atoms with E-state index < -0.39 is 28.9 Å². The smallest absolute Gasteiger partial charge is 0.303 e. The average Bonchev–Trinajstić information content (AvgIpc) is 2.75. The van der Waals surface area contributed by atoms with E-state index in [1.54, 1.807) is 25.8 Å². The Bertz CT molecular complexity index is 1370. The molecule has 36 heavy (non-hydrogen) atoms. The molecule has 1 aliphatic heterocycles. The Morgan fingerprint density at radius 1 is 1.19 bits per heavy atom. The highest BCUT2D eigenvalue weighted by atomic mass is 19.3. The lowest BCUT2D eigenvalue weighted by molar-refractivity contribution is -0.170. The number of carbonyl (C=O) groups excluding carboxylic acids is 1. The fraction of sp³-hybridized carbons (Fsp3) is 0.444. The topological polar surface area (TPSA) is 78.4 Å². The number of benzene rings is 2. The minimum Gasteiger partial charge on any atom is -0.384 e. The van der Waals surface area contributed by atoms with Gasteiger partial charge in [-0.25, -0.2) is 14.4 Å². The molecular formula is C27H31F3N4O2. The zero-order valence-corrected chi connectivity index (χ0v) is 21.5. The van der Waals surface area contributed by atoms with Crippen LogP contribution in [0.1, 0.15) is 69.6 Å². The lowest BCUT2D eigenvalue weighted by atomic mass is 9.77. The van der Waals surface area contributed by atoms with Gasteiger partial charge in [0.2, 0.25) is 5.91 Å². The first-order chi connectivity index (χ1) is 16.5. The van der Waals surface area contributed by atoms with Crippen molar-refractivity contribution in [2.45, 2.75) is 70.9 Å². The summed E-state index contributed by atoms with van der Waals surface area (Å²) in [5.74, 6) is -4.01. The third kappa shape index (κ3) is 4.19. The molecule has 4 rings (SSSR count). The van der Waals surface area contributed by atoms with E-state index in [0.29, 0.717) is 29.0 Å². The van der Waals surface area contributed by atoms with E-state index in [9.17, 15) is 18.7 Å². The van der Waals surface area contributed by atoms with Gasteiger partial charge >= 0.3 is 5.92 Å². The fourth-order valence-corrected chi connectivity index (χ4v) is 4.68. The number of aromatic nitrogens is 2. The predicted molar refractivity (Wildman–Crippen MR) is 134 cm³/mol. The molecule has 0 fully saturated rings. The third-order valence-electron chi connectivity index (χ3n) is 6.94. The van der Waals surface area contributed by atoms with E-state index in [2.05, 4.69) is 15.3 Å². The lowest BCUT2D eigenvalue weighted by Gasteiger charge is -2.37. The number of alkyl halides is 2. The first-order valence-corrected chi connectivity index (χ1v) is 11.8. The van der Waals surface area contributed by atoms with Crippen LogP contribution in [0.25, 0.3) is 10.9 Å². The van der Waals surface area contributed by atoms with Gasteiger partial charge in [-0.05, 0) is 51.5 Å². The van der Waals surface area contributed by atoms with Gasteiger partial charge in [-0.2, -0.15) is 8.78 Å². The Hall–Kier alpha value is -3.20. The molecule has 0 aliphatic carbocycles. The number of hydrogen-bond donors (Lipinski definition) is 2. The molecule has 0 saturated carbocycles. The van der Waals surface area contributed by atoms with E-state index in [1.165, 1.54) is 12.1 Å². The summed E-state index contributed by atoms with van der Waals surface area (Å²) in [7, 11) is 1.72. The van der Waals surface area contributed by atoms with Crippen LogP contribution in [0.15, 0.2) is 30.3 Å². The van der Waals surface area contributed by atoms with Crippen LogP contribution in [-0.2, 0) is 16.1 Å². The number of hydrogen-bond acceptors (Lipinski definition) is 5. The predicted octanol–water partition coefficient (Wildman–Crippen LogP) is 5.76. The molecule has 1 aliphatic rings. The van der Waals surface area contributed by atoms with Gasteiger partial charge in [0, 0.05) is 35.5 Å². The zero-order valence-electron chi connectivity index (χ0n) is 21.5. The summed E-state index contributed by atoms with van der Waals surface area (Å²) in [4.78, 5) is 23.3. The van der Waals surface area contributed by atoms with Crippen LogP contribution in [0.2, 0.25) is 0 Å². The number of nitrogens with one attached hydrogen (secondary N) is 1. The number of fused-ring (bicyclic) bond motifs is 2. The molecule has 2 N–H and O–H groups in total. The van der Waals surface area contributed by atoms with Crippen molar-refractivity contribution < 1.29 is 23.1 Å². The van der Waals surface area contributed by atoms with Crippen molar-refractivity contribution in [3.8, 4) is 0 Å². The quantitative estimate of drug-likeness (QED) is 0.466. The first kappa shape index (κ1) is 25.9. The van der Waals surface area contributed by atoms with Crippen LogP contribution < -0.4 is 10.2 Å². The summed E-state index contributed by atoms with van der Waals surface area (Å²) in [6.45, 7) is 9.29. The molecule has 3 aromatic rings. The maximum atomic E-state index is 15.3. The largest absolute Gasteiger partial charge is 0.384 e. The molecule has 1 amide bonds. The fourth-order valence-electron chi connectivity index (χ4n) is 4.68. The molecule has 192 valence electrons. The van der Waals surface area contributed by atoms with Crippen molar-refractivity contribution in [2.75, 3.05) is 17.3 Å². The Labute approximate surface area is 208 Å². The highest BCUT2D eigenvalue weighted by Gasteiger charge is 2.49. The van der Waals surface area contributed by atoms with Gasteiger partial charge in [-0.3, -0.25) is 4.79 Å². The molecule has 9 heteroatoms. The Morgan fingerprint density at radius 3 is 2.50 bits per heavy atom. The van der Waals surface area contributed by atoms with Crippen molar-refractivity contribution in [1.82, 2.24) is 9.97 Å². The summed E-state index contributed by atoms with van der Waals surface area (Å²) in [5.41, 5.74) is -1.29. The van der Waals surface area contributed by atoms with Gasteiger partial charge in [0.05, 0.1) is 17.1 Å². The minimum absolute atomic E-state index is 0.00520. The molecule has 0 bridgehead atoms. The van der Waals surface area contributed by atoms with Crippen LogP contribution in [0.4, 0.5) is 24.7 Å². The van der Waals surface area contributed by atoms with E-state index in [0.717, 1.165) is 31.2 Å². The summed E-state index contributed by atoms with van der Waals surface area (Å²) in [6.07, 6.45) is 0.374. The number of amides is 1. The first-order valence-electron chi connectivity index (χ1n) is 11.8. The van der Waals surface area contributed by atoms with Gasteiger partial charge in [0.25, 0.3) is 0 Å². The molecule has 1 unspecified atom stereocenters. The van der Waals surface area contributed by atoms with Crippen molar-refractivity contribution in [1.29, 1.82) is 0 Å². The SMILES string of the molecule is Cc1nc(NC(C)c2cccc(C(F)(F)C(C)(C)O)c2F)c2cc3c(cc2n1)C(C)(C)CC(=O)N3C. The molecular weight excluding hydrogens is 469 g/mol. The maximum Gasteiger partial charge on any atom is 0.303 e. The Balaban J connectivity index is 1.80. The van der Waals surface area contributed by atoms with Crippen LogP contribution in [0.3, 0.4) is 0 Å². The van der Waals surface area contributed by atoms with E-state index in [1.807, 2.05) is 26.0 Å². The monoisotopic (exact) mass is 500 g/mol. The number of aliphatic hydroxyl groups is 1. The van der Waals surface area contributed by atoms with Crippen LogP contribution in [0.5, 0.6) is 0 Å². The molecule has 0 saturated heterocycles. The van der Waals surface area contributed by atoms with Gasteiger partial charge < -0.3 is 15.3 Å². The lowest BCUT2D eigenvalue weighted by Crippen LogP contribution is -2.41. The van der Waals surface area contributed by atoms with Crippen LogP contribution in [-0.4, -0.2) is 33.6 Å². The summed E-state index contributed by atoms with van der Waals surface area (Å²) < 4.78 is 44.9. The Kier molecular flexibility index (Phi) is 6.06.